The van der Waals surface area contributed by atoms with Gasteiger partial charge in [-0.1, -0.05) is 30.2 Å². The monoisotopic (exact) mass is 581 g/mol. The molecule has 0 saturated heterocycles. The third kappa shape index (κ3) is 4.68. The van der Waals surface area contributed by atoms with E-state index in [4.69, 9.17) is 11.6 Å². The van der Waals surface area contributed by atoms with Gasteiger partial charge >= 0.3 is 0 Å². The minimum absolute atomic E-state index is 0.105. The summed E-state index contributed by atoms with van der Waals surface area (Å²) >= 11 is 0. The maximum atomic E-state index is 14.3. The first-order valence-corrected chi connectivity index (χ1v) is 14.9. The highest BCUT2D eigenvalue weighted by Gasteiger charge is 2.29. The summed E-state index contributed by atoms with van der Waals surface area (Å²) in [6.07, 6.45) is 12.2. The number of nitrogens with zero attached hydrogens (tertiary/aromatic N) is 4. The molecule has 0 unspecified atom stereocenters. The number of terminal acetylenes is 1. The molecule has 2 aromatic carbocycles. The number of carbonyl (C=O) groups excluding carboxylic acids is 1. The second-order valence-electron chi connectivity index (χ2n) is 10.2. The Kier molecular flexibility index (Phi) is 6.76. The zero-order valence-electron chi connectivity index (χ0n) is 22.7. The number of fused-ring (bicyclic) bond motifs is 1. The van der Waals surface area contributed by atoms with Crippen LogP contribution in [0.5, 0.6) is 0 Å². The molecule has 3 aromatic heterocycles. The fourth-order valence-electron chi connectivity index (χ4n) is 5.82. The van der Waals surface area contributed by atoms with E-state index in [1.165, 1.54) is 16.9 Å². The van der Waals surface area contributed by atoms with Gasteiger partial charge in [0.05, 0.1) is 17.1 Å². The van der Waals surface area contributed by atoms with Gasteiger partial charge in [0.25, 0.3) is 21.7 Å². The second-order valence-corrected chi connectivity index (χ2v) is 11.5. The first kappa shape index (κ1) is 27.2. The molecule has 0 spiro atoms. The minimum Gasteiger partial charge on any atom is -0.344 e. The number of rotatable bonds is 6. The van der Waals surface area contributed by atoms with Gasteiger partial charge in [-0.15, -0.1) is 11.5 Å². The molecule has 212 valence electrons. The van der Waals surface area contributed by atoms with Crippen molar-refractivity contribution in [2.24, 2.45) is 5.14 Å². The van der Waals surface area contributed by atoms with Gasteiger partial charge in [0.1, 0.15) is 5.56 Å². The highest BCUT2D eigenvalue weighted by atomic mass is 32.2. The van der Waals surface area contributed by atoms with Crippen molar-refractivity contribution in [1.29, 1.82) is 0 Å². The van der Waals surface area contributed by atoms with Gasteiger partial charge in [0.15, 0.2) is 11.5 Å². The number of nitrogens with one attached hydrogen (secondary N) is 2. The lowest BCUT2D eigenvalue weighted by Gasteiger charge is -2.25. The first-order valence-electron chi connectivity index (χ1n) is 13.4. The Morgan fingerprint density at radius 2 is 1.86 bits per heavy atom. The van der Waals surface area contributed by atoms with Crippen LogP contribution in [0.15, 0.2) is 65.7 Å². The number of aromatic nitrogens is 4. The van der Waals surface area contributed by atoms with Crippen molar-refractivity contribution < 1.29 is 13.2 Å². The molecule has 1 aliphatic carbocycles. The topological polar surface area (TPSA) is 153 Å². The van der Waals surface area contributed by atoms with E-state index >= 15 is 0 Å². The normalized spacial score (nSPS) is 13.8. The largest absolute Gasteiger partial charge is 0.344 e. The summed E-state index contributed by atoms with van der Waals surface area (Å²) in [5.74, 6) is 1.78. The van der Waals surface area contributed by atoms with Crippen molar-refractivity contribution >= 4 is 38.4 Å². The smallest absolute Gasteiger partial charge is 0.297 e. The Morgan fingerprint density at radius 1 is 1.10 bits per heavy atom. The Labute approximate surface area is 241 Å². The van der Waals surface area contributed by atoms with E-state index in [1.807, 2.05) is 42.5 Å². The predicted octanol–water partition coefficient (Wildman–Crippen LogP) is 3.00. The van der Waals surface area contributed by atoms with Gasteiger partial charge in [0.2, 0.25) is 0 Å². The van der Waals surface area contributed by atoms with Crippen LogP contribution < -0.4 is 20.7 Å². The van der Waals surface area contributed by atoms with Crippen molar-refractivity contribution in [2.75, 3.05) is 4.72 Å². The van der Waals surface area contributed by atoms with E-state index in [9.17, 15) is 18.0 Å². The van der Waals surface area contributed by atoms with Crippen LogP contribution in [0.3, 0.4) is 0 Å². The lowest BCUT2D eigenvalue weighted by molar-refractivity contribution is 0.0941. The maximum Gasteiger partial charge on any atom is 0.297 e. The van der Waals surface area contributed by atoms with Crippen molar-refractivity contribution in [3.05, 3.63) is 99.2 Å². The number of hydrogen-bond acceptors (Lipinski definition) is 6. The van der Waals surface area contributed by atoms with Gasteiger partial charge in [-0.05, 0) is 73.4 Å². The second kappa shape index (κ2) is 10.4. The lowest BCUT2D eigenvalue weighted by atomic mass is 9.92. The van der Waals surface area contributed by atoms with Crippen LogP contribution in [0.1, 0.15) is 58.5 Å². The van der Waals surface area contributed by atoms with Gasteiger partial charge in [-0.2, -0.15) is 8.42 Å². The fourth-order valence-corrected chi connectivity index (χ4v) is 6.24. The Morgan fingerprint density at radius 3 is 2.60 bits per heavy atom. The number of nitrogens with two attached hydrogens (primary N) is 1. The van der Waals surface area contributed by atoms with Crippen molar-refractivity contribution in [3.8, 4) is 18.0 Å². The zero-order valence-corrected chi connectivity index (χ0v) is 23.5. The fraction of sp³-hybridized carbons (Fsp3) is 0.200. The number of para-hydroxylation sites is 1. The molecular weight excluding hydrogens is 554 g/mol. The Balaban J connectivity index is 1.57. The van der Waals surface area contributed by atoms with E-state index in [2.05, 4.69) is 26.0 Å². The number of pyridine rings is 1. The maximum absolute atomic E-state index is 14.3. The molecule has 0 aliphatic heterocycles. The molecule has 1 atom stereocenters. The van der Waals surface area contributed by atoms with Crippen LogP contribution in [0.4, 0.5) is 5.82 Å². The summed E-state index contributed by atoms with van der Waals surface area (Å²) in [4.78, 5) is 32.4. The number of carbonyl (C=O) groups is 1. The number of aryl methyl sites for hydroxylation is 2. The van der Waals surface area contributed by atoms with Crippen molar-refractivity contribution in [1.82, 2.24) is 24.5 Å². The molecule has 1 amide bonds. The molecule has 3 heterocycles. The molecular formula is C30H27N7O4S. The Hall–Kier alpha value is -4.99. The van der Waals surface area contributed by atoms with Crippen LogP contribution in [-0.4, -0.2) is 33.5 Å². The van der Waals surface area contributed by atoms with Crippen LogP contribution >= 0.6 is 0 Å². The van der Waals surface area contributed by atoms with Gasteiger partial charge in [0, 0.05) is 23.6 Å². The van der Waals surface area contributed by atoms with Crippen LogP contribution in [0.25, 0.3) is 22.1 Å². The molecule has 12 heteroatoms. The minimum atomic E-state index is -4.25. The molecule has 11 nitrogen and oxygen atoms in total. The molecule has 4 N–H and O–H groups in total. The average Bonchev–Trinajstić information content (AvgIpc) is 3.18. The van der Waals surface area contributed by atoms with Gasteiger partial charge in [-0.25, -0.2) is 14.6 Å². The van der Waals surface area contributed by atoms with Crippen LogP contribution in [0, 0.1) is 12.3 Å². The van der Waals surface area contributed by atoms with Crippen molar-refractivity contribution in [2.45, 2.75) is 38.6 Å². The van der Waals surface area contributed by atoms with Crippen LogP contribution in [0.2, 0.25) is 0 Å². The van der Waals surface area contributed by atoms with E-state index in [-0.39, 0.29) is 22.6 Å². The van der Waals surface area contributed by atoms with Gasteiger partial charge < -0.3 is 5.32 Å². The van der Waals surface area contributed by atoms with Crippen molar-refractivity contribution in [3.63, 3.8) is 0 Å². The molecule has 6 rings (SSSR count). The van der Waals surface area contributed by atoms with E-state index < -0.39 is 22.2 Å². The molecule has 0 radical (unpaired) electrons. The quantitative estimate of drug-likeness (QED) is 0.262. The lowest BCUT2D eigenvalue weighted by Crippen LogP contribution is -2.34. The van der Waals surface area contributed by atoms with E-state index in [0.717, 1.165) is 35.8 Å². The summed E-state index contributed by atoms with van der Waals surface area (Å²) in [6, 6.07) is 13.9. The summed E-state index contributed by atoms with van der Waals surface area (Å²) in [5.41, 5.74) is 3.50. The number of anilines is 1. The van der Waals surface area contributed by atoms with E-state index in [0.29, 0.717) is 28.8 Å². The highest BCUT2D eigenvalue weighted by molar-refractivity contribution is 7.90. The summed E-state index contributed by atoms with van der Waals surface area (Å²) < 4.78 is 28.8. The molecule has 5 aromatic rings. The Bertz CT molecular complexity index is 2090. The standard InChI is InChI=1S/C30H27N7O4S/c1-3-19-14-15-20-10-7-8-13-22-23(20)24(19)30(39)37(21-11-5-4-6-12-21)26(22)18(2)33-29(38)25-27(35-42(31,40)41)34-36-17-9-16-32-28(25)36/h1,4-6,9,11-12,14-18H,7-8,10,13H2,2H3,(H,33,38)(H,34,35)(H2,31,40,41)/t18-/m1/s1. The number of amides is 1. The van der Waals surface area contributed by atoms with Crippen LogP contribution in [-0.2, 0) is 23.1 Å². The highest BCUT2D eigenvalue weighted by Crippen LogP contribution is 2.35. The summed E-state index contributed by atoms with van der Waals surface area (Å²) in [5, 5.41) is 13.7. The molecule has 0 fully saturated rings. The van der Waals surface area contributed by atoms with E-state index in [1.54, 1.807) is 17.6 Å². The molecule has 0 saturated carbocycles. The SMILES string of the molecule is C#Cc1ccc2c3c(c([C@@H](C)NC(=O)c4c(NS(N)(=O)=O)nn5cccnc45)n(-c4ccccc4)c(=O)c13)CCCC2. The molecule has 1 aliphatic rings. The van der Waals surface area contributed by atoms with Gasteiger partial charge in [-0.3, -0.25) is 18.9 Å². The summed E-state index contributed by atoms with van der Waals surface area (Å²) in [6.45, 7) is 1.79. The average molecular weight is 582 g/mol. The molecule has 0 bridgehead atoms. The zero-order chi connectivity index (χ0) is 29.6. The number of benzene rings is 2. The molecule has 42 heavy (non-hydrogen) atoms. The first-order chi connectivity index (χ1) is 20.2. The third-order valence-corrected chi connectivity index (χ3v) is 7.95. The number of hydrogen-bond donors (Lipinski definition) is 3. The predicted molar refractivity (Wildman–Crippen MR) is 160 cm³/mol. The third-order valence-electron chi connectivity index (χ3n) is 7.47. The summed E-state index contributed by atoms with van der Waals surface area (Å²) in [7, 11) is -4.25.